The molecule has 2 amide bonds. The molecule has 0 fully saturated rings. The summed E-state index contributed by atoms with van der Waals surface area (Å²) < 4.78 is 0. The van der Waals surface area contributed by atoms with Crippen molar-refractivity contribution in [2.75, 3.05) is 5.32 Å². The lowest BCUT2D eigenvalue weighted by atomic mass is 9.94. The Morgan fingerprint density at radius 1 is 0.545 bits per heavy atom. The molecule has 1 aliphatic rings. The molecule has 0 saturated carbocycles. The van der Waals surface area contributed by atoms with Gasteiger partial charge in [0.2, 0.25) is 0 Å². The minimum atomic E-state index is -0.276. The predicted octanol–water partition coefficient (Wildman–Crippen LogP) is 9.80. The van der Waals surface area contributed by atoms with E-state index in [9.17, 15) is 9.59 Å². The number of amidine groups is 1. The molecular weight excluding hydrogens is 681 g/mol. The van der Waals surface area contributed by atoms with E-state index in [0.29, 0.717) is 51.1 Å². The molecular formula is C47H36N6O2. The highest BCUT2D eigenvalue weighted by atomic mass is 16.2. The van der Waals surface area contributed by atoms with E-state index in [1.165, 1.54) is 0 Å². The van der Waals surface area contributed by atoms with Crippen molar-refractivity contribution in [3.63, 3.8) is 0 Å². The van der Waals surface area contributed by atoms with Gasteiger partial charge in [0.15, 0.2) is 0 Å². The molecule has 3 N–H and O–H groups in total. The van der Waals surface area contributed by atoms with Crippen molar-refractivity contribution in [2.45, 2.75) is 13.8 Å². The molecule has 4 aromatic carbocycles. The average molecular weight is 717 g/mol. The van der Waals surface area contributed by atoms with Crippen LogP contribution in [-0.4, -0.2) is 32.6 Å². The molecule has 0 spiro atoms. The van der Waals surface area contributed by atoms with Crippen LogP contribution in [0.5, 0.6) is 0 Å². The zero-order chi connectivity index (χ0) is 37.7. The van der Waals surface area contributed by atoms with Crippen LogP contribution in [0.2, 0.25) is 0 Å². The molecule has 7 aromatic rings. The molecule has 0 saturated heterocycles. The molecule has 0 bridgehead atoms. The number of aromatic amines is 1. The Morgan fingerprint density at radius 3 is 1.65 bits per heavy atom. The number of benzene rings is 4. The molecule has 1 aliphatic heterocycles. The number of carbonyl (C=O) groups is 2. The Kier molecular flexibility index (Phi) is 9.61. The smallest absolute Gasteiger partial charge is 0.257 e. The largest absolute Gasteiger partial charge is 0.341 e. The zero-order valence-corrected chi connectivity index (χ0v) is 30.2. The molecule has 0 radical (unpaired) electrons. The highest BCUT2D eigenvalue weighted by molar-refractivity contribution is 6.38. The third kappa shape index (κ3) is 7.04. The third-order valence-corrected chi connectivity index (χ3v) is 9.50. The number of H-pyrrole nitrogens is 1. The van der Waals surface area contributed by atoms with E-state index in [4.69, 9.17) is 15.0 Å². The Balaban J connectivity index is 1.38. The van der Waals surface area contributed by atoms with Crippen LogP contribution in [0.3, 0.4) is 0 Å². The first-order valence-corrected chi connectivity index (χ1v) is 17.9. The molecule has 8 rings (SSSR count). The molecule has 8 nitrogen and oxygen atoms in total. The van der Waals surface area contributed by atoms with Crippen LogP contribution in [0.4, 0.5) is 5.82 Å². The number of anilines is 1. The van der Waals surface area contributed by atoms with Crippen LogP contribution < -0.4 is 10.6 Å². The number of hydrogen-bond acceptors (Lipinski definition) is 5. The van der Waals surface area contributed by atoms with Gasteiger partial charge in [0.05, 0.1) is 33.9 Å². The molecule has 266 valence electrons. The fourth-order valence-electron chi connectivity index (χ4n) is 6.87. The van der Waals surface area contributed by atoms with E-state index in [0.717, 1.165) is 39.0 Å². The van der Waals surface area contributed by atoms with Crippen molar-refractivity contribution < 1.29 is 9.59 Å². The summed E-state index contributed by atoms with van der Waals surface area (Å²) in [5.41, 5.74) is 10.3. The van der Waals surface area contributed by atoms with Gasteiger partial charge in [-0.1, -0.05) is 109 Å². The number of nitrogens with one attached hydrogen (secondary N) is 3. The van der Waals surface area contributed by atoms with E-state index < -0.39 is 0 Å². The fraction of sp³-hybridized carbons (Fsp3) is 0.0426. The first-order chi connectivity index (χ1) is 27.0. The first-order valence-electron chi connectivity index (χ1n) is 17.9. The lowest BCUT2D eigenvalue weighted by molar-refractivity contribution is 0.0975. The number of aryl methyl sites for hydroxylation is 2. The van der Waals surface area contributed by atoms with Gasteiger partial charge < -0.3 is 15.6 Å². The normalized spacial score (nSPS) is 13.1. The highest BCUT2D eigenvalue weighted by Gasteiger charge is 2.30. The maximum Gasteiger partial charge on any atom is 0.257 e. The van der Waals surface area contributed by atoms with Crippen LogP contribution in [0.15, 0.2) is 169 Å². The lowest BCUT2D eigenvalue weighted by Crippen LogP contribution is -2.31. The van der Waals surface area contributed by atoms with Gasteiger partial charge in [0, 0.05) is 34.7 Å². The quantitative estimate of drug-likeness (QED) is 0.145. The molecule has 3 aromatic heterocycles. The van der Waals surface area contributed by atoms with E-state index >= 15 is 0 Å². The molecule has 8 heteroatoms. The Morgan fingerprint density at radius 2 is 1.07 bits per heavy atom. The van der Waals surface area contributed by atoms with E-state index in [1.807, 2.05) is 159 Å². The van der Waals surface area contributed by atoms with Crippen molar-refractivity contribution in [3.8, 4) is 22.4 Å². The molecule has 0 unspecified atom stereocenters. The second-order valence-corrected chi connectivity index (χ2v) is 13.1. The lowest BCUT2D eigenvalue weighted by Gasteiger charge is -2.12. The number of amides is 2. The Bertz CT molecular complexity index is 2630. The Hall–Kier alpha value is -7.45. The summed E-state index contributed by atoms with van der Waals surface area (Å²) in [4.78, 5) is 46.0. The number of aliphatic imine (C=N–C) groups is 1. The van der Waals surface area contributed by atoms with Crippen molar-refractivity contribution in [1.82, 2.24) is 20.3 Å². The van der Waals surface area contributed by atoms with Crippen molar-refractivity contribution in [1.29, 1.82) is 0 Å². The minimum absolute atomic E-state index is 0.252. The second kappa shape index (κ2) is 15.3. The van der Waals surface area contributed by atoms with Crippen molar-refractivity contribution in [3.05, 3.63) is 203 Å². The maximum atomic E-state index is 13.9. The third-order valence-electron chi connectivity index (χ3n) is 9.50. The van der Waals surface area contributed by atoms with Crippen LogP contribution in [0.1, 0.15) is 48.8 Å². The summed E-state index contributed by atoms with van der Waals surface area (Å²) in [5, 5.41) is 6.31. The number of rotatable bonds is 8. The number of hydrogen-bond donors (Lipinski definition) is 3. The van der Waals surface area contributed by atoms with E-state index in [2.05, 4.69) is 15.6 Å². The maximum absolute atomic E-state index is 13.9. The highest BCUT2D eigenvalue weighted by Crippen LogP contribution is 2.44. The summed E-state index contributed by atoms with van der Waals surface area (Å²) >= 11 is 0. The topological polar surface area (TPSA) is 112 Å². The van der Waals surface area contributed by atoms with Gasteiger partial charge in [-0.3, -0.25) is 19.6 Å². The van der Waals surface area contributed by atoms with Crippen LogP contribution in [0.25, 0.3) is 39.6 Å². The van der Waals surface area contributed by atoms with Gasteiger partial charge in [-0.2, -0.15) is 0 Å². The van der Waals surface area contributed by atoms with Crippen LogP contribution in [0, 0.1) is 13.8 Å². The number of nitrogens with zero attached hydrogens (tertiary/aromatic N) is 3. The average Bonchev–Trinajstić information content (AvgIpc) is 3.76. The SMILES string of the molecule is Cc1ccccc1C(=O)NC1=NC(=Cc2[nH]c(NC(=O)c3ccccc3C)c(-c3ccccn3)c2-c2ccccc2)C(c2ccccc2)=C1c1ccccn1. The summed E-state index contributed by atoms with van der Waals surface area (Å²) in [5.74, 6) is 0.339. The fourth-order valence-corrected chi connectivity index (χ4v) is 6.87. The molecule has 55 heavy (non-hydrogen) atoms. The van der Waals surface area contributed by atoms with E-state index in [1.54, 1.807) is 18.5 Å². The first kappa shape index (κ1) is 34.6. The minimum Gasteiger partial charge on any atom is -0.341 e. The summed E-state index contributed by atoms with van der Waals surface area (Å²) in [6, 6.07) is 46.3. The zero-order valence-electron chi connectivity index (χ0n) is 30.2. The number of allylic oxidation sites excluding steroid dienone is 1. The van der Waals surface area contributed by atoms with Crippen molar-refractivity contribution >= 4 is 40.7 Å². The Labute approximate surface area is 319 Å². The van der Waals surface area contributed by atoms with Gasteiger partial charge in [-0.15, -0.1) is 0 Å². The van der Waals surface area contributed by atoms with Gasteiger partial charge in [0.25, 0.3) is 11.8 Å². The van der Waals surface area contributed by atoms with Gasteiger partial charge in [-0.05, 0) is 78.6 Å². The van der Waals surface area contributed by atoms with Crippen LogP contribution in [-0.2, 0) is 0 Å². The standard InChI is InChI=1S/C47H36N6O2/c1-30-17-9-11-23-34(30)46(54)52-44-42(36-25-13-15-27-48-36)40(32-19-5-3-6-20-32)38(50-44)29-39-41(33-21-7-4-8-22-33)43(37-26-14-16-28-49-37)45(51-39)53-47(55)35-24-12-10-18-31(35)2/h3-29,50H,1-2H3,(H,52,54)(H,51,53,55). The number of pyridine rings is 2. The van der Waals surface area contributed by atoms with Crippen LogP contribution >= 0.6 is 0 Å². The van der Waals surface area contributed by atoms with Crippen molar-refractivity contribution in [2.24, 2.45) is 4.99 Å². The molecule has 0 aliphatic carbocycles. The van der Waals surface area contributed by atoms with Gasteiger partial charge in [-0.25, -0.2) is 4.99 Å². The van der Waals surface area contributed by atoms with Gasteiger partial charge in [0.1, 0.15) is 11.7 Å². The summed E-state index contributed by atoms with van der Waals surface area (Å²) in [6.07, 6.45) is 5.44. The summed E-state index contributed by atoms with van der Waals surface area (Å²) in [7, 11) is 0. The molecule has 4 heterocycles. The van der Waals surface area contributed by atoms with Gasteiger partial charge >= 0.3 is 0 Å². The van der Waals surface area contributed by atoms with E-state index in [-0.39, 0.29) is 11.8 Å². The predicted molar refractivity (Wildman–Crippen MR) is 220 cm³/mol. The monoisotopic (exact) mass is 716 g/mol. The number of aromatic nitrogens is 3. The second-order valence-electron chi connectivity index (χ2n) is 13.1. The number of carbonyl (C=O) groups excluding carboxylic acids is 2. The summed E-state index contributed by atoms with van der Waals surface area (Å²) in [6.45, 7) is 3.82. The molecule has 0 atom stereocenters.